The van der Waals surface area contributed by atoms with Crippen LogP contribution in [0.5, 0.6) is 0 Å². The van der Waals surface area contributed by atoms with Gasteiger partial charge in [0.2, 0.25) is 0 Å². The zero-order chi connectivity index (χ0) is 26.6. The van der Waals surface area contributed by atoms with Gasteiger partial charge in [-0.1, -0.05) is 0 Å². The number of hydrogen-bond acceptors (Lipinski definition) is 12. The summed E-state index contributed by atoms with van der Waals surface area (Å²) in [6.07, 6.45) is -2.01. The fourth-order valence-electron chi connectivity index (χ4n) is 3.15. The SMILES string of the molecule is COCCNC(O)CN(CCN(CCN(CC(=O)O)CC(O)NCCOC)CC(=O)O)CC(=O)O. The van der Waals surface area contributed by atoms with Crippen LogP contribution in [-0.4, -0.2) is 170 Å². The largest absolute Gasteiger partial charge is 0.480 e. The lowest BCUT2D eigenvalue weighted by Crippen LogP contribution is -2.49. The highest BCUT2D eigenvalue weighted by Gasteiger charge is 2.20. The number of methoxy groups -OCH3 is 2. The average Bonchev–Trinajstić information content (AvgIpc) is 2.74. The molecule has 206 valence electrons. The molecule has 35 heavy (non-hydrogen) atoms. The van der Waals surface area contributed by atoms with Crippen molar-refractivity contribution in [2.24, 2.45) is 0 Å². The molecule has 7 N–H and O–H groups in total. The van der Waals surface area contributed by atoms with Crippen molar-refractivity contribution in [3.8, 4) is 0 Å². The number of rotatable bonds is 24. The number of nitrogens with one attached hydrogen (secondary N) is 2. The number of aliphatic carboxylic acids is 3. The Bertz CT molecular complexity index is 559. The summed E-state index contributed by atoms with van der Waals surface area (Å²) < 4.78 is 9.77. The van der Waals surface area contributed by atoms with Crippen molar-refractivity contribution in [1.82, 2.24) is 25.3 Å². The Morgan fingerprint density at radius 3 is 1.29 bits per heavy atom. The fraction of sp³-hybridized carbons (Fsp3) is 0.850. The Balaban J connectivity index is 4.97. The van der Waals surface area contributed by atoms with Crippen LogP contribution in [0.15, 0.2) is 0 Å². The highest BCUT2D eigenvalue weighted by atomic mass is 16.5. The first kappa shape index (κ1) is 33.0. The number of aliphatic hydroxyl groups excluding tert-OH is 2. The van der Waals surface area contributed by atoms with Gasteiger partial charge in [-0.3, -0.25) is 39.7 Å². The second-order valence-electron chi connectivity index (χ2n) is 7.85. The third-order valence-electron chi connectivity index (χ3n) is 4.78. The molecule has 0 radical (unpaired) electrons. The number of ether oxygens (including phenoxy) is 2. The summed E-state index contributed by atoms with van der Waals surface area (Å²) >= 11 is 0. The Morgan fingerprint density at radius 1 is 0.657 bits per heavy atom. The Kier molecular flexibility index (Phi) is 19.1. The Morgan fingerprint density at radius 2 is 0.971 bits per heavy atom. The van der Waals surface area contributed by atoms with E-state index in [1.807, 2.05) is 0 Å². The van der Waals surface area contributed by atoms with Crippen molar-refractivity contribution in [2.45, 2.75) is 12.5 Å². The van der Waals surface area contributed by atoms with Crippen LogP contribution in [0.2, 0.25) is 0 Å². The quantitative estimate of drug-likeness (QED) is 0.0491. The van der Waals surface area contributed by atoms with E-state index in [1.54, 1.807) is 4.90 Å². The standard InChI is InChI=1S/C20H41N5O10/c1-34-9-3-21-16(26)11-24(14-19(30)31)7-5-23(13-18(28)29)6-8-25(15-20(32)33)12-17(27)22-4-10-35-2/h16-17,21-22,26-27H,3-15H2,1-2H3,(H,28,29)(H,30,31)(H,32,33). The van der Waals surface area contributed by atoms with Crippen LogP contribution in [0.25, 0.3) is 0 Å². The summed E-state index contributed by atoms with van der Waals surface area (Å²) in [6.45, 7) is 1.07. The minimum absolute atomic E-state index is 0.00139. The zero-order valence-corrected chi connectivity index (χ0v) is 20.5. The minimum Gasteiger partial charge on any atom is -0.480 e. The molecule has 0 aliphatic carbocycles. The summed E-state index contributed by atoms with van der Waals surface area (Å²) in [5, 5.41) is 53.3. The smallest absolute Gasteiger partial charge is 0.317 e. The molecule has 15 heteroatoms. The first-order valence-corrected chi connectivity index (χ1v) is 11.2. The maximum atomic E-state index is 11.3. The van der Waals surface area contributed by atoms with Gasteiger partial charge in [-0.05, 0) is 0 Å². The molecular weight excluding hydrogens is 470 g/mol. The maximum absolute atomic E-state index is 11.3. The van der Waals surface area contributed by atoms with E-state index in [-0.39, 0.29) is 58.9 Å². The molecule has 0 aromatic rings. The summed E-state index contributed by atoms with van der Waals surface area (Å²) in [6, 6.07) is 0. The maximum Gasteiger partial charge on any atom is 0.317 e. The van der Waals surface area contributed by atoms with E-state index in [1.165, 1.54) is 24.0 Å². The normalized spacial score (nSPS) is 13.5. The Labute approximate surface area is 205 Å². The first-order valence-electron chi connectivity index (χ1n) is 11.2. The third kappa shape index (κ3) is 20.0. The van der Waals surface area contributed by atoms with Crippen molar-refractivity contribution in [2.75, 3.05) is 99.4 Å². The van der Waals surface area contributed by atoms with Crippen LogP contribution in [0, 0.1) is 0 Å². The number of aliphatic hydroxyl groups is 2. The number of nitrogens with zero attached hydrogens (tertiary/aromatic N) is 3. The monoisotopic (exact) mass is 511 g/mol. The van der Waals surface area contributed by atoms with E-state index in [4.69, 9.17) is 9.47 Å². The van der Waals surface area contributed by atoms with Crippen molar-refractivity contribution in [3.63, 3.8) is 0 Å². The predicted octanol–water partition coefficient (Wildman–Crippen LogP) is -3.74. The van der Waals surface area contributed by atoms with Crippen LogP contribution in [-0.2, 0) is 23.9 Å². The molecule has 15 nitrogen and oxygen atoms in total. The van der Waals surface area contributed by atoms with Gasteiger partial charge in [-0.15, -0.1) is 0 Å². The number of carboxylic acids is 3. The van der Waals surface area contributed by atoms with Crippen molar-refractivity contribution >= 4 is 17.9 Å². The zero-order valence-electron chi connectivity index (χ0n) is 20.5. The second kappa shape index (κ2) is 20.3. The van der Waals surface area contributed by atoms with Crippen molar-refractivity contribution < 1.29 is 49.4 Å². The molecule has 0 aliphatic heterocycles. The molecule has 0 aliphatic rings. The van der Waals surface area contributed by atoms with Gasteiger partial charge in [0.15, 0.2) is 0 Å². The van der Waals surface area contributed by atoms with Gasteiger partial charge in [-0.2, -0.15) is 0 Å². The van der Waals surface area contributed by atoms with E-state index in [0.29, 0.717) is 26.3 Å². The van der Waals surface area contributed by atoms with Crippen LogP contribution < -0.4 is 10.6 Å². The van der Waals surface area contributed by atoms with Crippen LogP contribution in [0.1, 0.15) is 0 Å². The van der Waals surface area contributed by atoms with E-state index in [2.05, 4.69) is 10.6 Å². The molecule has 0 saturated heterocycles. The van der Waals surface area contributed by atoms with E-state index in [0.717, 1.165) is 0 Å². The van der Waals surface area contributed by atoms with Crippen molar-refractivity contribution in [3.05, 3.63) is 0 Å². The molecule has 0 spiro atoms. The van der Waals surface area contributed by atoms with E-state index in [9.17, 15) is 39.9 Å². The summed E-state index contributed by atoms with van der Waals surface area (Å²) in [4.78, 5) is 38.2. The van der Waals surface area contributed by atoms with Crippen LogP contribution in [0.4, 0.5) is 0 Å². The first-order chi connectivity index (χ1) is 16.6. The Hall–Kier alpha value is -1.95. The molecule has 0 aromatic heterocycles. The number of carbonyl (C=O) groups is 3. The topological polar surface area (TPSA) is 205 Å². The predicted molar refractivity (Wildman–Crippen MR) is 124 cm³/mol. The van der Waals surface area contributed by atoms with Crippen molar-refractivity contribution in [1.29, 1.82) is 0 Å². The van der Waals surface area contributed by atoms with Gasteiger partial charge in [0.05, 0.1) is 32.8 Å². The summed E-state index contributed by atoms with van der Waals surface area (Å²) in [5.74, 6) is -3.29. The van der Waals surface area contributed by atoms with Gasteiger partial charge < -0.3 is 35.0 Å². The van der Waals surface area contributed by atoms with Gasteiger partial charge in [0.25, 0.3) is 0 Å². The lowest BCUT2D eigenvalue weighted by atomic mass is 10.3. The minimum atomic E-state index is -1.10. The van der Waals surface area contributed by atoms with Gasteiger partial charge in [0.1, 0.15) is 12.5 Å². The summed E-state index contributed by atoms with van der Waals surface area (Å²) in [5.41, 5.74) is 0. The molecule has 0 fully saturated rings. The number of hydrogen-bond donors (Lipinski definition) is 7. The molecule has 0 bridgehead atoms. The second-order valence-corrected chi connectivity index (χ2v) is 7.85. The molecule has 2 atom stereocenters. The molecule has 0 aromatic carbocycles. The molecule has 0 heterocycles. The lowest BCUT2D eigenvalue weighted by Gasteiger charge is -2.30. The third-order valence-corrected chi connectivity index (χ3v) is 4.78. The lowest BCUT2D eigenvalue weighted by molar-refractivity contribution is -0.140. The van der Waals surface area contributed by atoms with Gasteiger partial charge in [-0.25, -0.2) is 0 Å². The van der Waals surface area contributed by atoms with Crippen LogP contribution in [0.3, 0.4) is 0 Å². The van der Waals surface area contributed by atoms with Gasteiger partial charge >= 0.3 is 17.9 Å². The molecule has 2 unspecified atom stereocenters. The highest BCUT2D eigenvalue weighted by molar-refractivity contribution is 5.69. The number of carboxylic acid groups (broad SMARTS) is 3. The van der Waals surface area contributed by atoms with Crippen LogP contribution >= 0.6 is 0 Å². The molecule has 0 amide bonds. The fourth-order valence-corrected chi connectivity index (χ4v) is 3.15. The molecule has 0 rings (SSSR count). The van der Waals surface area contributed by atoms with Gasteiger partial charge in [0, 0.05) is 66.6 Å². The molecule has 0 saturated carbocycles. The average molecular weight is 512 g/mol. The highest BCUT2D eigenvalue weighted by Crippen LogP contribution is 1.99. The van der Waals surface area contributed by atoms with E-state index >= 15 is 0 Å². The van der Waals surface area contributed by atoms with E-state index < -0.39 is 30.4 Å². The molecular formula is C20H41N5O10. The summed E-state index contributed by atoms with van der Waals surface area (Å²) in [7, 11) is 3.02.